The molecule has 3 N–H and O–H groups in total. The van der Waals surface area contributed by atoms with Crippen molar-refractivity contribution in [3.8, 4) is 34.0 Å². The van der Waals surface area contributed by atoms with Crippen molar-refractivity contribution in [2.24, 2.45) is 0 Å². The Kier molecular flexibility index (Phi) is 8.16. The fraction of sp³-hybridized carbons (Fsp3) is 0.192. The normalized spacial score (nSPS) is 11.8. The number of rotatable bonds is 9. The van der Waals surface area contributed by atoms with E-state index in [9.17, 15) is 35.9 Å². The lowest BCUT2D eigenvalue weighted by Crippen LogP contribution is -2.25. The van der Waals surface area contributed by atoms with Crippen LogP contribution in [0.1, 0.15) is 23.2 Å². The van der Waals surface area contributed by atoms with Crippen LogP contribution in [0.2, 0.25) is 0 Å². The van der Waals surface area contributed by atoms with Gasteiger partial charge in [-0.15, -0.1) is 13.2 Å². The number of aromatic amines is 2. The maximum atomic E-state index is 13.1. The highest BCUT2D eigenvalue weighted by atomic mass is 19.4. The van der Waals surface area contributed by atoms with E-state index in [1.807, 2.05) is 0 Å². The SMILES string of the molecule is O=C(Nc1ccc(OC(F)(F)F)cc1)c1c(-c2ccn[nH]2)cc(-c2ccc(OCCCC(F)(F)F)cc2)[nH]c1=O. The number of nitrogens with zero attached hydrogens (tertiary/aromatic N) is 1. The first-order valence-electron chi connectivity index (χ1n) is 11.6. The molecule has 2 aromatic carbocycles. The number of halogens is 6. The number of anilines is 1. The van der Waals surface area contributed by atoms with E-state index in [-0.39, 0.29) is 29.8 Å². The van der Waals surface area contributed by atoms with Crippen molar-refractivity contribution in [3.63, 3.8) is 0 Å². The first-order chi connectivity index (χ1) is 18.9. The molecule has 0 fully saturated rings. The van der Waals surface area contributed by atoms with Gasteiger partial charge in [-0.2, -0.15) is 18.3 Å². The van der Waals surface area contributed by atoms with Crippen LogP contribution in [0.5, 0.6) is 11.5 Å². The van der Waals surface area contributed by atoms with Crippen LogP contribution in [0.3, 0.4) is 0 Å². The largest absolute Gasteiger partial charge is 0.573 e. The summed E-state index contributed by atoms with van der Waals surface area (Å²) < 4.78 is 83.2. The van der Waals surface area contributed by atoms with Gasteiger partial charge in [0.25, 0.3) is 11.5 Å². The molecular formula is C26H20F6N4O4. The van der Waals surface area contributed by atoms with Crippen LogP contribution in [-0.2, 0) is 0 Å². The number of hydrogen-bond donors (Lipinski definition) is 3. The number of ether oxygens (including phenoxy) is 2. The maximum absolute atomic E-state index is 13.1. The second-order valence-electron chi connectivity index (χ2n) is 8.39. The Morgan fingerprint density at radius 1 is 0.900 bits per heavy atom. The smallest absolute Gasteiger partial charge is 0.494 e. The number of aromatic nitrogens is 3. The average molecular weight is 566 g/mol. The topological polar surface area (TPSA) is 109 Å². The minimum atomic E-state index is -4.87. The van der Waals surface area contributed by atoms with Gasteiger partial charge in [-0.3, -0.25) is 14.7 Å². The van der Waals surface area contributed by atoms with Crippen LogP contribution in [-0.4, -0.2) is 40.2 Å². The van der Waals surface area contributed by atoms with E-state index in [0.29, 0.717) is 22.7 Å². The highest BCUT2D eigenvalue weighted by Gasteiger charge is 2.31. The molecule has 4 rings (SSSR count). The lowest BCUT2D eigenvalue weighted by atomic mass is 10.0. The lowest BCUT2D eigenvalue weighted by Gasteiger charge is -2.13. The van der Waals surface area contributed by atoms with Crippen molar-refractivity contribution in [1.82, 2.24) is 15.2 Å². The molecular weight excluding hydrogens is 546 g/mol. The molecule has 0 saturated carbocycles. The molecule has 0 radical (unpaired) electrons. The van der Waals surface area contributed by atoms with Gasteiger partial charge in [-0.25, -0.2) is 0 Å². The van der Waals surface area contributed by atoms with Crippen molar-refractivity contribution >= 4 is 11.6 Å². The molecule has 0 aliphatic heterocycles. The fourth-order valence-electron chi connectivity index (χ4n) is 3.69. The second kappa shape index (κ2) is 11.6. The van der Waals surface area contributed by atoms with Gasteiger partial charge in [0, 0.05) is 29.6 Å². The van der Waals surface area contributed by atoms with E-state index in [4.69, 9.17) is 4.74 Å². The summed E-state index contributed by atoms with van der Waals surface area (Å²) in [6.45, 7) is -0.123. The summed E-state index contributed by atoms with van der Waals surface area (Å²) in [5, 5.41) is 9.02. The Morgan fingerprint density at radius 3 is 2.17 bits per heavy atom. The summed E-state index contributed by atoms with van der Waals surface area (Å²) in [4.78, 5) is 28.8. The molecule has 210 valence electrons. The van der Waals surface area contributed by atoms with E-state index in [1.165, 1.54) is 42.6 Å². The quantitative estimate of drug-likeness (QED) is 0.163. The maximum Gasteiger partial charge on any atom is 0.573 e. The molecule has 40 heavy (non-hydrogen) atoms. The highest BCUT2D eigenvalue weighted by molar-refractivity contribution is 6.08. The summed E-state index contributed by atoms with van der Waals surface area (Å²) in [6.07, 6.45) is -8.86. The fourth-order valence-corrected chi connectivity index (χ4v) is 3.69. The van der Waals surface area contributed by atoms with Gasteiger partial charge in [-0.05, 0) is 72.6 Å². The van der Waals surface area contributed by atoms with Crippen LogP contribution in [0.15, 0.2) is 71.7 Å². The highest BCUT2D eigenvalue weighted by Crippen LogP contribution is 2.28. The molecule has 2 heterocycles. The van der Waals surface area contributed by atoms with E-state index >= 15 is 0 Å². The number of H-pyrrole nitrogens is 2. The summed E-state index contributed by atoms with van der Waals surface area (Å²) in [5.74, 6) is -0.974. The number of hydrogen-bond acceptors (Lipinski definition) is 5. The number of nitrogens with one attached hydrogen (secondary N) is 3. The molecule has 8 nitrogen and oxygen atoms in total. The van der Waals surface area contributed by atoms with Crippen molar-refractivity contribution in [1.29, 1.82) is 0 Å². The average Bonchev–Trinajstić information content (AvgIpc) is 3.41. The first kappa shape index (κ1) is 28.3. The van der Waals surface area contributed by atoms with E-state index in [0.717, 1.165) is 12.1 Å². The number of pyridine rings is 1. The Labute approximate surface area is 222 Å². The number of benzene rings is 2. The van der Waals surface area contributed by atoms with E-state index in [2.05, 4.69) is 25.2 Å². The van der Waals surface area contributed by atoms with Gasteiger partial charge in [0.15, 0.2) is 0 Å². The predicted octanol–water partition coefficient (Wildman–Crippen LogP) is 6.30. The zero-order chi connectivity index (χ0) is 28.9. The third kappa shape index (κ3) is 7.65. The molecule has 4 aromatic rings. The molecule has 0 bridgehead atoms. The standard InChI is InChI=1S/C26H20F6N4O4/c27-25(28,29)11-1-13-39-17-6-2-15(3-7-17)21-14-19(20-10-12-33-36-20)22(24(38)35-21)23(37)34-16-4-8-18(9-5-16)40-26(30,31)32/h2-10,12,14H,1,11,13H2,(H,33,36)(H,34,37)(H,35,38). The molecule has 0 saturated heterocycles. The molecule has 0 atom stereocenters. The molecule has 0 spiro atoms. The number of alkyl halides is 6. The molecule has 0 aliphatic rings. The molecule has 0 aliphatic carbocycles. The second-order valence-corrected chi connectivity index (χ2v) is 8.39. The van der Waals surface area contributed by atoms with Crippen LogP contribution >= 0.6 is 0 Å². The van der Waals surface area contributed by atoms with E-state index < -0.39 is 36.2 Å². The predicted molar refractivity (Wildman–Crippen MR) is 132 cm³/mol. The zero-order valence-corrected chi connectivity index (χ0v) is 20.3. The molecule has 0 unspecified atom stereocenters. The minimum Gasteiger partial charge on any atom is -0.494 e. The Balaban J connectivity index is 1.55. The molecule has 2 aromatic heterocycles. The lowest BCUT2D eigenvalue weighted by molar-refractivity contribution is -0.274. The van der Waals surface area contributed by atoms with Gasteiger partial charge in [0.1, 0.15) is 17.1 Å². The van der Waals surface area contributed by atoms with E-state index in [1.54, 1.807) is 12.1 Å². The first-order valence-corrected chi connectivity index (χ1v) is 11.6. The summed E-state index contributed by atoms with van der Waals surface area (Å²) in [6, 6.07) is 13.7. The zero-order valence-electron chi connectivity index (χ0n) is 20.3. The third-order valence-corrected chi connectivity index (χ3v) is 5.44. The van der Waals surface area contributed by atoms with Crippen LogP contribution < -0.4 is 20.3 Å². The van der Waals surface area contributed by atoms with Gasteiger partial charge in [0.2, 0.25) is 0 Å². The van der Waals surface area contributed by atoms with Crippen molar-refractivity contribution in [2.75, 3.05) is 11.9 Å². The number of amides is 1. The van der Waals surface area contributed by atoms with Crippen LogP contribution in [0.25, 0.3) is 22.5 Å². The van der Waals surface area contributed by atoms with Crippen molar-refractivity contribution in [3.05, 3.63) is 82.8 Å². The third-order valence-electron chi connectivity index (χ3n) is 5.44. The summed E-state index contributed by atoms with van der Waals surface area (Å²) >= 11 is 0. The van der Waals surface area contributed by atoms with Crippen molar-refractivity contribution < 1.29 is 40.6 Å². The van der Waals surface area contributed by atoms with Crippen LogP contribution in [0, 0.1) is 0 Å². The summed E-state index contributed by atoms with van der Waals surface area (Å²) in [5.41, 5.74) is 0.451. The number of carbonyl (C=O) groups is 1. The minimum absolute atomic E-state index is 0.115. The Bertz CT molecular complexity index is 1500. The van der Waals surface area contributed by atoms with Crippen LogP contribution in [0.4, 0.5) is 32.0 Å². The molecule has 14 heteroatoms. The monoisotopic (exact) mass is 566 g/mol. The van der Waals surface area contributed by atoms with Gasteiger partial charge >= 0.3 is 12.5 Å². The Morgan fingerprint density at radius 2 is 1.57 bits per heavy atom. The number of carbonyl (C=O) groups excluding carboxylic acids is 1. The van der Waals surface area contributed by atoms with Gasteiger partial charge < -0.3 is 19.8 Å². The summed E-state index contributed by atoms with van der Waals surface area (Å²) in [7, 11) is 0. The van der Waals surface area contributed by atoms with Gasteiger partial charge in [-0.1, -0.05) is 0 Å². The Hall–Kier alpha value is -4.75. The molecule has 1 amide bonds. The van der Waals surface area contributed by atoms with Gasteiger partial charge in [0.05, 0.1) is 12.3 Å². The van der Waals surface area contributed by atoms with Crippen molar-refractivity contribution in [2.45, 2.75) is 25.4 Å².